The quantitative estimate of drug-likeness (QED) is 0.657. The maximum absolute atomic E-state index is 12.1. The minimum Gasteiger partial charge on any atom is -0.398 e. The van der Waals surface area contributed by atoms with Crippen LogP contribution < -0.4 is 11.0 Å². The maximum Gasteiger partial charge on any atom is 0.114 e. The van der Waals surface area contributed by atoms with Crippen molar-refractivity contribution >= 4 is 34.1 Å². The van der Waals surface area contributed by atoms with Crippen LogP contribution in [0.4, 0.5) is 5.69 Å². The summed E-state index contributed by atoms with van der Waals surface area (Å²) < 4.78 is 13.0. The lowest BCUT2D eigenvalue weighted by atomic mass is 10.3. The largest absolute Gasteiger partial charge is 0.398 e. The summed E-state index contributed by atoms with van der Waals surface area (Å²) in [5, 5.41) is 0.782. The number of anilines is 1. The van der Waals surface area contributed by atoms with E-state index in [2.05, 4.69) is 15.9 Å². The minimum absolute atomic E-state index is 0.621. The highest BCUT2D eigenvalue weighted by Gasteiger charge is 2.18. The molecule has 0 aliphatic rings. The molecule has 0 fully saturated rings. The zero-order valence-electron chi connectivity index (χ0n) is 7.75. The molecule has 0 saturated heterocycles. The van der Waals surface area contributed by atoms with Gasteiger partial charge in [-0.2, -0.15) is 0 Å². The first-order chi connectivity index (χ1) is 5.97. The lowest BCUT2D eigenvalue weighted by molar-refractivity contribution is 0.585. The van der Waals surface area contributed by atoms with Gasteiger partial charge in [-0.1, -0.05) is 22.9 Å². The number of hydrogen-bond acceptors (Lipinski definition) is 2. The highest BCUT2D eigenvalue weighted by Crippen LogP contribution is 2.41. The Morgan fingerprint density at radius 1 is 1.54 bits per heavy atom. The molecule has 0 aliphatic heterocycles. The van der Waals surface area contributed by atoms with Crippen molar-refractivity contribution < 1.29 is 4.57 Å². The Morgan fingerprint density at radius 3 is 2.69 bits per heavy atom. The zero-order chi connectivity index (χ0) is 10.1. The molecule has 2 N–H and O–H groups in total. The van der Waals surface area contributed by atoms with E-state index in [1.54, 1.807) is 12.7 Å². The Kier molecular flexibility index (Phi) is 3.20. The van der Waals surface area contributed by atoms with Crippen LogP contribution in [-0.4, -0.2) is 12.8 Å². The van der Waals surface area contributed by atoms with Crippen LogP contribution in [0.3, 0.4) is 0 Å². The summed E-state index contributed by atoms with van der Waals surface area (Å²) in [7, 11) is -2.25. The molecule has 13 heavy (non-hydrogen) atoms. The number of rotatable bonds is 2. The molecule has 0 heterocycles. The second-order valence-electron chi connectivity index (χ2n) is 3.12. The minimum atomic E-state index is -2.25. The topological polar surface area (TPSA) is 43.1 Å². The fourth-order valence-corrected chi connectivity index (χ4v) is 3.01. The number of nitrogens with two attached hydrogens (primary N) is 1. The van der Waals surface area contributed by atoms with Gasteiger partial charge in [-0.3, -0.25) is 0 Å². The zero-order valence-corrected chi connectivity index (χ0v) is 10.2. The Balaban J connectivity index is 3.29. The van der Waals surface area contributed by atoms with Gasteiger partial charge in [0.1, 0.15) is 7.14 Å². The van der Waals surface area contributed by atoms with Gasteiger partial charge in [0.15, 0.2) is 0 Å². The fraction of sp³-hybridized carbons (Fsp3) is 0.333. The Labute approximate surface area is 87.0 Å². The summed E-state index contributed by atoms with van der Waals surface area (Å²) in [5.41, 5.74) is 6.38. The third kappa shape index (κ3) is 2.35. The molecule has 0 radical (unpaired) electrons. The van der Waals surface area contributed by atoms with E-state index >= 15 is 0 Å². The predicted molar refractivity (Wildman–Crippen MR) is 62.3 cm³/mol. The standard InChI is InChI=1S/C9H13BrNOP/c1-3-13(2,12)9-6-7(10)4-5-8(9)11/h4-6H,3,11H2,1-2H3. The average molecular weight is 262 g/mol. The smallest absolute Gasteiger partial charge is 0.114 e. The summed E-state index contributed by atoms with van der Waals surface area (Å²) in [6.07, 6.45) is 0.646. The van der Waals surface area contributed by atoms with Gasteiger partial charge in [0.25, 0.3) is 0 Å². The molecular formula is C9H13BrNOP. The van der Waals surface area contributed by atoms with E-state index in [0.717, 1.165) is 9.78 Å². The number of benzene rings is 1. The molecule has 0 spiro atoms. The van der Waals surface area contributed by atoms with E-state index in [1.807, 2.05) is 19.1 Å². The molecule has 1 unspecified atom stereocenters. The second-order valence-corrected chi connectivity index (χ2v) is 7.35. The molecule has 0 saturated carbocycles. The van der Waals surface area contributed by atoms with Gasteiger partial charge in [-0.25, -0.2) is 0 Å². The van der Waals surface area contributed by atoms with Gasteiger partial charge >= 0.3 is 0 Å². The molecular weight excluding hydrogens is 249 g/mol. The van der Waals surface area contributed by atoms with Gasteiger partial charge in [-0.05, 0) is 24.9 Å². The second kappa shape index (κ2) is 3.85. The van der Waals surface area contributed by atoms with Crippen molar-refractivity contribution in [2.24, 2.45) is 0 Å². The van der Waals surface area contributed by atoms with Crippen LogP contribution in [0.1, 0.15) is 6.92 Å². The van der Waals surface area contributed by atoms with Crippen molar-refractivity contribution in [3.05, 3.63) is 22.7 Å². The summed E-state index contributed by atoms with van der Waals surface area (Å²) in [4.78, 5) is 0. The first kappa shape index (κ1) is 10.8. The van der Waals surface area contributed by atoms with E-state index in [-0.39, 0.29) is 0 Å². The molecule has 0 amide bonds. The van der Waals surface area contributed by atoms with Crippen LogP contribution in [0.15, 0.2) is 22.7 Å². The monoisotopic (exact) mass is 261 g/mol. The molecule has 1 rings (SSSR count). The summed E-state index contributed by atoms with van der Waals surface area (Å²) in [6, 6.07) is 5.49. The van der Waals surface area contributed by atoms with Crippen molar-refractivity contribution in [3.63, 3.8) is 0 Å². The highest BCUT2D eigenvalue weighted by atomic mass is 79.9. The molecule has 0 aromatic heterocycles. The van der Waals surface area contributed by atoms with E-state index in [9.17, 15) is 4.57 Å². The van der Waals surface area contributed by atoms with Crippen LogP contribution in [0.5, 0.6) is 0 Å². The lowest BCUT2D eigenvalue weighted by Gasteiger charge is -2.13. The molecule has 1 aromatic rings. The van der Waals surface area contributed by atoms with Crippen LogP contribution in [0.25, 0.3) is 0 Å². The van der Waals surface area contributed by atoms with Crippen molar-refractivity contribution in [1.29, 1.82) is 0 Å². The van der Waals surface area contributed by atoms with E-state index in [1.165, 1.54) is 0 Å². The summed E-state index contributed by atoms with van der Waals surface area (Å²) in [6.45, 7) is 3.69. The van der Waals surface area contributed by atoms with Gasteiger partial charge in [0, 0.05) is 21.6 Å². The molecule has 2 nitrogen and oxygen atoms in total. The van der Waals surface area contributed by atoms with E-state index in [4.69, 9.17) is 5.73 Å². The van der Waals surface area contributed by atoms with E-state index in [0.29, 0.717) is 11.8 Å². The normalized spacial score (nSPS) is 15.3. The summed E-state index contributed by atoms with van der Waals surface area (Å²) in [5.74, 6) is 0. The van der Waals surface area contributed by atoms with Gasteiger partial charge < -0.3 is 10.3 Å². The molecule has 1 aromatic carbocycles. The number of halogens is 1. The SMILES string of the molecule is CCP(C)(=O)c1cc(Br)ccc1N. The first-order valence-electron chi connectivity index (χ1n) is 4.09. The third-order valence-corrected chi connectivity index (χ3v) is 5.21. The van der Waals surface area contributed by atoms with Gasteiger partial charge in [-0.15, -0.1) is 0 Å². The number of hydrogen-bond donors (Lipinski definition) is 1. The van der Waals surface area contributed by atoms with Gasteiger partial charge in [0.2, 0.25) is 0 Å². The first-order valence-corrected chi connectivity index (χ1v) is 7.22. The van der Waals surface area contributed by atoms with Crippen LogP contribution >= 0.6 is 23.1 Å². The van der Waals surface area contributed by atoms with E-state index < -0.39 is 7.14 Å². The van der Waals surface area contributed by atoms with Crippen molar-refractivity contribution in [2.75, 3.05) is 18.6 Å². The average Bonchev–Trinajstić information content (AvgIpc) is 2.09. The van der Waals surface area contributed by atoms with Crippen LogP contribution in [0.2, 0.25) is 0 Å². The molecule has 0 bridgehead atoms. The lowest BCUT2D eigenvalue weighted by Crippen LogP contribution is -2.11. The number of nitrogen functional groups attached to an aromatic ring is 1. The maximum atomic E-state index is 12.1. The van der Waals surface area contributed by atoms with Crippen molar-refractivity contribution in [1.82, 2.24) is 0 Å². The Bertz CT molecular complexity index is 365. The van der Waals surface area contributed by atoms with Crippen LogP contribution in [-0.2, 0) is 4.57 Å². The Hall–Kier alpha value is -0.270. The summed E-state index contributed by atoms with van der Waals surface area (Å²) >= 11 is 3.34. The fourth-order valence-electron chi connectivity index (χ4n) is 1.10. The van der Waals surface area contributed by atoms with Crippen molar-refractivity contribution in [2.45, 2.75) is 6.92 Å². The van der Waals surface area contributed by atoms with Crippen LogP contribution in [0, 0.1) is 0 Å². The van der Waals surface area contributed by atoms with Crippen molar-refractivity contribution in [3.8, 4) is 0 Å². The third-order valence-electron chi connectivity index (χ3n) is 2.11. The van der Waals surface area contributed by atoms with Gasteiger partial charge in [0.05, 0.1) is 0 Å². The molecule has 4 heteroatoms. The highest BCUT2D eigenvalue weighted by molar-refractivity contribution is 9.10. The molecule has 0 aliphatic carbocycles. The predicted octanol–water partition coefficient (Wildman–Crippen LogP) is 2.67. The molecule has 72 valence electrons. The molecule has 1 atom stereocenters. The Morgan fingerprint density at radius 2 is 2.15 bits per heavy atom.